The predicted molar refractivity (Wildman–Crippen MR) is 75.4 cm³/mol. The van der Waals surface area contributed by atoms with Crippen molar-refractivity contribution < 1.29 is 14.2 Å². The SMILES string of the molecule is COc1cc(CC2CCCCN2)c(OC)c(OC)c1. The van der Waals surface area contributed by atoms with Gasteiger partial charge in [0.2, 0.25) is 0 Å². The number of hydrogen-bond acceptors (Lipinski definition) is 4. The molecule has 0 aliphatic carbocycles. The van der Waals surface area contributed by atoms with E-state index in [1.165, 1.54) is 19.3 Å². The Morgan fingerprint density at radius 1 is 1.11 bits per heavy atom. The second kappa shape index (κ2) is 6.66. The molecule has 106 valence electrons. The monoisotopic (exact) mass is 265 g/mol. The Kier molecular flexibility index (Phi) is 4.91. The molecule has 0 radical (unpaired) electrons. The van der Waals surface area contributed by atoms with Crippen molar-refractivity contribution in [2.45, 2.75) is 31.7 Å². The molecule has 1 aromatic carbocycles. The van der Waals surface area contributed by atoms with Crippen LogP contribution in [-0.2, 0) is 6.42 Å². The van der Waals surface area contributed by atoms with Gasteiger partial charge in [0.05, 0.1) is 21.3 Å². The molecule has 1 saturated heterocycles. The molecule has 1 fully saturated rings. The van der Waals surface area contributed by atoms with Crippen molar-refractivity contribution in [1.82, 2.24) is 5.32 Å². The summed E-state index contributed by atoms with van der Waals surface area (Å²) in [7, 11) is 5.01. The third-order valence-electron chi connectivity index (χ3n) is 3.64. The van der Waals surface area contributed by atoms with Gasteiger partial charge in [0, 0.05) is 17.7 Å². The molecule has 19 heavy (non-hydrogen) atoms. The molecule has 4 nitrogen and oxygen atoms in total. The lowest BCUT2D eigenvalue weighted by Gasteiger charge is -2.25. The molecule has 1 aliphatic rings. The molecule has 0 amide bonds. The van der Waals surface area contributed by atoms with Gasteiger partial charge in [0.25, 0.3) is 0 Å². The fourth-order valence-corrected chi connectivity index (χ4v) is 2.65. The summed E-state index contributed by atoms with van der Waals surface area (Å²) in [4.78, 5) is 0. The first-order valence-corrected chi connectivity index (χ1v) is 6.80. The van der Waals surface area contributed by atoms with E-state index in [0.29, 0.717) is 6.04 Å². The van der Waals surface area contributed by atoms with Gasteiger partial charge in [-0.15, -0.1) is 0 Å². The molecule has 2 rings (SSSR count). The average molecular weight is 265 g/mol. The molecule has 1 atom stereocenters. The van der Waals surface area contributed by atoms with Crippen LogP contribution in [0.2, 0.25) is 0 Å². The molecule has 1 heterocycles. The number of ether oxygens (including phenoxy) is 3. The highest BCUT2D eigenvalue weighted by Gasteiger charge is 2.18. The van der Waals surface area contributed by atoms with Gasteiger partial charge in [-0.05, 0) is 31.9 Å². The fraction of sp³-hybridized carbons (Fsp3) is 0.600. The van der Waals surface area contributed by atoms with E-state index in [4.69, 9.17) is 14.2 Å². The van der Waals surface area contributed by atoms with Crippen LogP contribution in [-0.4, -0.2) is 33.9 Å². The maximum absolute atomic E-state index is 5.50. The molecule has 1 aromatic rings. The molecule has 1 N–H and O–H groups in total. The number of methoxy groups -OCH3 is 3. The number of nitrogens with one attached hydrogen (secondary N) is 1. The van der Waals surface area contributed by atoms with Crippen LogP contribution >= 0.6 is 0 Å². The van der Waals surface area contributed by atoms with Crippen LogP contribution in [0.25, 0.3) is 0 Å². The van der Waals surface area contributed by atoms with Crippen LogP contribution in [0.15, 0.2) is 12.1 Å². The smallest absolute Gasteiger partial charge is 0.164 e. The first-order valence-electron chi connectivity index (χ1n) is 6.80. The zero-order valence-electron chi connectivity index (χ0n) is 12.0. The average Bonchev–Trinajstić information content (AvgIpc) is 2.47. The largest absolute Gasteiger partial charge is 0.497 e. The summed E-state index contributed by atoms with van der Waals surface area (Å²) >= 11 is 0. The van der Waals surface area contributed by atoms with Gasteiger partial charge in [0.15, 0.2) is 11.5 Å². The third-order valence-corrected chi connectivity index (χ3v) is 3.64. The molecule has 0 aromatic heterocycles. The standard InChI is InChI=1S/C15H23NO3/c1-17-13-9-11(8-12-6-4-5-7-16-12)15(19-3)14(10-13)18-2/h9-10,12,16H,4-8H2,1-3H3. The highest BCUT2D eigenvalue weighted by atomic mass is 16.5. The summed E-state index contributed by atoms with van der Waals surface area (Å²) in [5.74, 6) is 2.35. The Balaban J connectivity index is 2.25. The lowest BCUT2D eigenvalue weighted by Crippen LogP contribution is -2.35. The Labute approximate surface area is 115 Å². The Bertz CT molecular complexity index is 414. The lowest BCUT2D eigenvalue weighted by atomic mass is 9.97. The number of piperidine rings is 1. The molecular formula is C15H23NO3. The summed E-state index contributed by atoms with van der Waals surface area (Å²) in [5, 5.41) is 3.56. The first kappa shape index (κ1) is 14.0. The topological polar surface area (TPSA) is 39.7 Å². The van der Waals surface area contributed by atoms with Crippen molar-refractivity contribution in [2.75, 3.05) is 27.9 Å². The van der Waals surface area contributed by atoms with Crippen LogP contribution in [0.3, 0.4) is 0 Å². The molecule has 0 saturated carbocycles. The van der Waals surface area contributed by atoms with Crippen LogP contribution in [0.1, 0.15) is 24.8 Å². The normalized spacial score (nSPS) is 19.0. The van der Waals surface area contributed by atoms with Gasteiger partial charge in [-0.25, -0.2) is 0 Å². The van der Waals surface area contributed by atoms with E-state index >= 15 is 0 Å². The fourth-order valence-electron chi connectivity index (χ4n) is 2.65. The van der Waals surface area contributed by atoms with E-state index in [1.54, 1.807) is 21.3 Å². The van der Waals surface area contributed by atoms with Gasteiger partial charge >= 0.3 is 0 Å². The summed E-state index contributed by atoms with van der Waals surface area (Å²) in [5.41, 5.74) is 1.14. The Morgan fingerprint density at radius 2 is 1.95 bits per heavy atom. The minimum Gasteiger partial charge on any atom is -0.497 e. The first-order chi connectivity index (χ1) is 9.28. The highest BCUT2D eigenvalue weighted by Crippen LogP contribution is 2.36. The van der Waals surface area contributed by atoms with Crippen LogP contribution in [0.5, 0.6) is 17.2 Å². The molecule has 1 aliphatic heterocycles. The van der Waals surface area contributed by atoms with Crippen molar-refractivity contribution in [3.05, 3.63) is 17.7 Å². The second-order valence-electron chi connectivity index (χ2n) is 4.87. The van der Waals surface area contributed by atoms with Gasteiger partial charge in [0.1, 0.15) is 5.75 Å². The van der Waals surface area contributed by atoms with Crippen LogP contribution in [0.4, 0.5) is 0 Å². The zero-order valence-corrected chi connectivity index (χ0v) is 12.0. The Hall–Kier alpha value is -1.42. The summed E-state index contributed by atoms with van der Waals surface area (Å²) in [6.45, 7) is 1.11. The molecular weight excluding hydrogens is 242 g/mol. The van der Waals surface area contributed by atoms with Crippen molar-refractivity contribution >= 4 is 0 Å². The second-order valence-corrected chi connectivity index (χ2v) is 4.87. The van der Waals surface area contributed by atoms with Crippen molar-refractivity contribution in [2.24, 2.45) is 0 Å². The van der Waals surface area contributed by atoms with Crippen molar-refractivity contribution in [3.63, 3.8) is 0 Å². The van der Waals surface area contributed by atoms with E-state index in [0.717, 1.165) is 35.8 Å². The quantitative estimate of drug-likeness (QED) is 0.887. The number of rotatable bonds is 5. The van der Waals surface area contributed by atoms with E-state index in [1.807, 2.05) is 12.1 Å². The summed E-state index contributed by atoms with van der Waals surface area (Å²) in [6.07, 6.45) is 4.72. The van der Waals surface area contributed by atoms with Gasteiger partial charge in [-0.2, -0.15) is 0 Å². The van der Waals surface area contributed by atoms with E-state index < -0.39 is 0 Å². The molecule has 4 heteroatoms. The minimum atomic E-state index is 0.513. The number of hydrogen-bond donors (Lipinski definition) is 1. The minimum absolute atomic E-state index is 0.513. The predicted octanol–water partition coefficient (Wildman–Crippen LogP) is 2.40. The lowest BCUT2D eigenvalue weighted by molar-refractivity contribution is 0.339. The molecule has 0 bridgehead atoms. The summed E-state index contributed by atoms with van der Waals surface area (Å²) < 4.78 is 16.2. The van der Waals surface area contributed by atoms with Crippen LogP contribution in [0, 0.1) is 0 Å². The van der Waals surface area contributed by atoms with E-state index in [9.17, 15) is 0 Å². The maximum atomic E-state index is 5.50. The van der Waals surface area contributed by atoms with E-state index in [2.05, 4.69) is 5.32 Å². The molecule has 1 unspecified atom stereocenters. The van der Waals surface area contributed by atoms with Gasteiger partial charge in [-0.1, -0.05) is 6.42 Å². The third kappa shape index (κ3) is 3.32. The Morgan fingerprint density at radius 3 is 2.53 bits per heavy atom. The summed E-state index contributed by atoms with van der Waals surface area (Å²) in [6, 6.07) is 4.41. The van der Waals surface area contributed by atoms with Gasteiger partial charge in [-0.3, -0.25) is 0 Å². The van der Waals surface area contributed by atoms with Crippen molar-refractivity contribution in [3.8, 4) is 17.2 Å². The zero-order chi connectivity index (χ0) is 13.7. The highest BCUT2D eigenvalue weighted by molar-refractivity contribution is 5.52. The number of benzene rings is 1. The van der Waals surface area contributed by atoms with Crippen molar-refractivity contribution in [1.29, 1.82) is 0 Å². The van der Waals surface area contributed by atoms with E-state index in [-0.39, 0.29) is 0 Å². The van der Waals surface area contributed by atoms with Crippen LogP contribution < -0.4 is 19.5 Å². The maximum Gasteiger partial charge on any atom is 0.164 e. The van der Waals surface area contributed by atoms with Gasteiger partial charge < -0.3 is 19.5 Å². The molecule has 0 spiro atoms.